The fourth-order valence-electron chi connectivity index (χ4n) is 1.37. The zero-order chi connectivity index (χ0) is 12.6. The summed E-state index contributed by atoms with van der Waals surface area (Å²) in [7, 11) is -0.930. The van der Waals surface area contributed by atoms with Gasteiger partial charge in [-0.2, -0.15) is 11.8 Å². The number of rotatable bonds is 9. The third-order valence-corrected chi connectivity index (χ3v) is 4.37. The Bertz CT molecular complexity index is 268. The van der Waals surface area contributed by atoms with Crippen LogP contribution < -0.4 is 5.73 Å². The average Bonchev–Trinajstić information content (AvgIpc) is 2.20. The Labute approximate surface area is 104 Å². The van der Waals surface area contributed by atoms with Crippen LogP contribution in [0.3, 0.4) is 0 Å². The first-order valence-electron chi connectivity index (χ1n) is 5.56. The number of likely N-dealkylation sites (N-methyl/N-ethyl adjacent to an activating group) is 1. The van der Waals surface area contributed by atoms with Crippen LogP contribution in [-0.4, -0.2) is 63.0 Å². The lowest BCUT2D eigenvalue weighted by molar-refractivity contribution is 0.255. The molecule has 0 aromatic heterocycles. The van der Waals surface area contributed by atoms with Crippen molar-refractivity contribution in [2.45, 2.75) is 19.4 Å². The van der Waals surface area contributed by atoms with Gasteiger partial charge in [0.1, 0.15) is 9.84 Å². The minimum atomic E-state index is -2.87. The van der Waals surface area contributed by atoms with E-state index in [9.17, 15) is 8.42 Å². The van der Waals surface area contributed by atoms with E-state index >= 15 is 0 Å². The summed E-state index contributed by atoms with van der Waals surface area (Å²) in [5, 5.41) is 0. The minimum Gasteiger partial charge on any atom is -0.329 e. The van der Waals surface area contributed by atoms with E-state index in [0.717, 1.165) is 17.9 Å². The van der Waals surface area contributed by atoms with Crippen LogP contribution in [0.4, 0.5) is 0 Å². The van der Waals surface area contributed by atoms with Gasteiger partial charge >= 0.3 is 0 Å². The molecule has 1 unspecified atom stereocenters. The van der Waals surface area contributed by atoms with Crippen molar-refractivity contribution in [1.29, 1.82) is 0 Å². The molecule has 98 valence electrons. The van der Waals surface area contributed by atoms with E-state index < -0.39 is 9.84 Å². The minimum absolute atomic E-state index is 0.209. The van der Waals surface area contributed by atoms with Gasteiger partial charge in [-0.15, -0.1) is 0 Å². The lowest BCUT2D eigenvalue weighted by atomic mass is 10.2. The van der Waals surface area contributed by atoms with E-state index in [1.807, 2.05) is 18.8 Å². The van der Waals surface area contributed by atoms with E-state index in [4.69, 9.17) is 5.73 Å². The maximum atomic E-state index is 11.0. The Morgan fingerprint density at radius 3 is 2.50 bits per heavy atom. The first-order chi connectivity index (χ1) is 7.40. The van der Waals surface area contributed by atoms with Gasteiger partial charge in [0.05, 0.1) is 5.75 Å². The lowest BCUT2D eigenvalue weighted by Gasteiger charge is -2.26. The molecule has 0 aromatic carbocycles. The molecule has 0 spiro atoms. The summed E-state index contributed by atoms with van der Waals surface area (Å²) in [5.74, 6) is 2.41. The van der Waals surface area contributed by atoms with Crippen molar-refractivity contribution >= 4 is 21.6 Å². The second kappa shape index (κ2) is 8.33. The summed E-state index contributed by atoms with van der Waals surface area (Å²) in [6, 6.07) is 0.292. The van der Waals surface area contributed by atoms with Crippen molar-refractivity contribution in [3.05, 3.63) is 0 Å². The first-order valence-corrected chi connectivity index (χ1v) is 8.78. The summed E-state index contributed by atoms with van der Waals surface area (Å²) in [6.45, 7) is 3.29. The topological polar surface area (TPSA) is 63.4 Å². The SMILES string of the molecule is CCSCCC(CN)N(C)CCS(C)(=O)=O. The molecule has 1 atom stereocenters. The average molecular weight is 268 g/mol. The largest absolute Gasteiger partial charge is 0.329 e. The Kier molecular flexibility index (Phi) is 8.45. The van der Waals surface area contributed by atoms with Crippen LogP contribution in [0.1, 0.15) is 13.3 Å². The van der Waals surface area contributed by atoms with Crippen LogP contribution in [0.15, 0.2) is 0 Å². The van der Waals surface area contributed by atoms with Gasteiger partial charge in [-0.3, -0.25) is 0 Å². The molecule has 0 amide bonds. The summed E-state index contributed by atoms with van der Waals surface area (Å²) < 4.78 is 22.1. The van der Waals surface area contributed by atoms with Gasteiger partial charge in [-0.1, -0.05) is 6.92 Å². The highest BCUT2D eigenvalue weighted by molar-refractivity contribution is 7.99. The van der Waals surface area contributed by atoms with Gasteiger partial charge in [-0.25, -0.2) is 8.42 Å². The molecule has 0 saturated heterocycles. The quantitative estimate of drug-likeness (QED) is 0.615. The van der Waals surface area contributed by atoms with E-state index in [1.165, 1.54) is 6.26 Å². The molecular weight excluding hydrogens is 244 g/mol. The summed E-state index contributed by atoms with van der Waals surface area (Å²) in [5.41, 5.74) is 5.69. The smallest absolute Gasteiger partial charge is 0.148 e. The number of nitrogens with two attached hydrogens (primary N) is 1. The molecule has 2 N–H and O–H groups in total. The predicted molar refractivity (Wildman–Crippen MR) is 72.8 cm³/mol. The van der Waals surface area contributed by atoms with Crippen LogP contribution in [0.25, 0.3) is 0 Å². The molecule has 0 fully saturated rings. The molecule has 0 heterocycles. The van der Waals surface area contributed by atoms with E-state index in [-0.39, 0.29) is 5.75 Å². The number of hydrogen-bond acceptors (Lipinski definition) is 5. The number of sulfone groups is 1. The van der Waals surface area contributed by atoms with Crippen molar-refractivity contribution in [1.82, 2.24) is 4.90 Å². The second-order valence-corrected chi connectivity index (χ2v) is 7.64. The van der Waals surface area contributed by atoms with Crippen molar-refractivity contribution in [3.63, 3.8) is 0 Å². The molecule has 0 bridgehead atoms. The maximum Gasteiger partial charge on any atom is 0.148 e. The third-order valence-electron chi connectivity index (χ3n) is 2.51. The van der Waals surface area contributed by atoms with Gasteiger partial charge in [0.2, 0.25) is 0 Å². The monoisotopic (exact) mass is 268 g/mol. The summed E-state index contributed by atoms with van der Waals surface area (Å²) in [6.07, 6.45) is 2.29. The van der Waals surface area contributed by atoms with Crippen molar-refractivity contribution in [2.24, 2.45) is 5.73 Å². The predicted octanol–water partition coefficient (Wildman–Crippen LogP) is 0.433. The molecule has 0 radical (unpaired) electrons. The fourth-order valence-corrected chi connectivity index (χ4v) is 2.72. The van der Waals surface area contributed by atoms with Crippen molar-refractivity contribution in [3.8, 4) is 0 Å². The molecule has 0 aliphatic heterocycles. The molecular formula is C10H24N2O2S2. The van der Waals surface area contributed by atoms with Gasteiger partial charge in [-0.05, 0) is 25.0 Å². The van der Waals surface area contributed by atoms with E-state index in [1.54, 1.807) is 0 Å². The lowest BCUT2D eigenvalue weighted by Crippen LogP contribution is -2.40. The van der Waals surface area contributed by atoms with E-state index in [0.29, 0.717) is 19.1 Å². The van der Waals surface area contributed by atoms with Gasteiger partial charge in [0, 0.05) is 25.4 Å². The molecule has 0 aliphatic carbocycles. The number of nitrogens with zero attached hydrogens (tertiary/aromatic N) is 1. The summed E-state index contributed by atoms with van der Waals surface area (Å²) in [4.78, 5) is 2.05. The zero-order valence-corrected chi connectivity index (χ0v) is 12.1. The second-order valence-electron chi connectivity index (χ2n) is 3.99. The van der Waals surface area contributed by atoms with Crippen molar-refractivity contribution < 1.29 is 8.42 Å². The Morgan fingerprint density at radius 1 is 1.44 bits per heavy atom. The zero-order valence-electron chi connectivity index (χ0n) is 10.5. The molecule has 0 rings (SSSR count). The van der Waals surface area contributed by atoms with Crippen LogP contribution in [0.5, 0.6) is 0 Å². The normalized spacial score (nSPS) is 14.3. The Morgan fingerprint density at radius 2 is 2.06 bits per heavy atom. The molecule has 0 aliphatic rings. The highest BCUT2D eigenvalue weighted by Gasteiger charge is 2.14. The third kappa shape index (κ3) is 8.38. The van der Waals surface area contributed by atoms with Gasteiger partial charge in [0.15, 0.2) is 0 Å². The highest BCUT2D eigenvalue weighted by atomic mass is 32.2. The van der Waals surface area contributed by atoms with Crippen LogP contribution in [0, 0.1) is 0 Å². The van der Waals surface area contributed by atoms with Crippen LogP contribution in [0.2, 0.25) is 0 Å². The number of hydrogen-bond donors (Lipinski definition) is 1. The number of thioether (sulfide) groups is 1. The van der Waals surface area contributed by atoms with Crippen molar-refractivity contribution in [2.75, 3.05) is 43.7 Å². The summed E-state index contributed by atoms with van der Waals surface area (Å²) >= 11 is 1.89. The molecule has 0 aromatic rings. The standard InChI is InChI=1S/C10H24N2O2S2/c1-4-15-7-5-10(9-11)12(2)6-8-16(3,13)14/h10H,4-9,11H2,1-3H3. The first kappa shape index (κ1) is 16.2. The van der Waals surface area contributed by atoms with Gasteiger partial charge in [0.25, 0.3) is 0 Å². The molecule has 4 nitrogen and oxygen atoms in total. The maximum absolute atomic E-state index is 11.0. The van der Waals surface area contributed by atoms with Crippen LogP contribution >= 0.6 is 11.8 Å². The van der Waals surface area contributed by atoms with E-state index in [2.05, 4.69) is 11.8 Å². The molecule has 16 heavy (non-hydrogen) atoms. The Balaban J connectivity index is 3.95. The van der Waals surface area contributed by atoms with Crippen LogP contribution in [-0.2, 0) is 9.84 Å². The fraction of sp³-hybridized carbons (Fsp3) is 1.00. The molecule has 6 heteroatoms. The highest BCUT2D eigenvalue weighted by Crippen LogP contribution is 2.07. The van der Waals surface area contributed by atoms with Gasteiger partial charge < -0.3 is 10.6 Å². The Hall–Kier alpha value is 0.220. The molecule has 0 saturated carbocycles.